The van der Waals surface area contributed by atoms with Gasteiger partial charge in [-0.25, -0.2) is 0 Å². The highest BCUT2D eigenvalue weighted by atomic mass is 16.5. The van der Waals surface area contributed by atoms with Crippen LogP contribution in [-0.4, -0.2) is 36.1 Å². The summed E-state index contributed by atoms with van der Waals surface area (Å²) in [5.41, 5.74) is 4.40. The number of ether oxygens (including phenoxy) is 1. The van der Waals surface area contributed by atoms with E-state index in [1.165, 1.54) is 49.7 Å². The number of piperidine rings is 2. The van der Waals surface area contributed by atoms with Gasteiger partial charge in [0.15, 0.2) is 0 Å². The van der Waals surface area contributed by atoms with Gasteiger partial charge in [0.05, 0.1) is 7.11 Å². The highest BCUT2D eigenvalue weighted by Crippen LogP contribution is 2.51. The molecule has 4 aliphatic rings. The summed E-state index contributed by atoms with van der Waals surface area (Å²) in [6.45, 7) is 4.95. The molecule has 2 aromatic rings. The highest BCUT2D eigenvalue weighted by molar-refractivity contribution is 5.86. The quantitative estimate of drug-likeness (QED) is 0.910. The van der Waals surface area contributed by atoms with Crippen LogP contribution in [0.15, 0.2) is 18.2 Å². The zero-order valence-electron chi connectivity index (χ0n) is 14.1. The largest absolute Gasteiger partial charge is 0.497 e. The first-order valence-corrected chi connectivity index (χ1v) is 9.21. The van der Waals surface area contributed by atoms with Gasteiger partial charge in [-0.3, -0.25) is 4.90 Å². The van der Waals surface area contributed by atoms with Crippen LogP contribution in [-0.2, 0) is 6.42 Å². The molecule has 3 heteroatoms. The predicted octanol–water partition coefficient (Wildman–Crippen LogP) is 3.94. The van der Waals surface area contributed by atoms with Crippen LogP contribution in [0.5, 0.6) is 5.75 Å². The summed E-state index contributed by atoms with van der Waals surface area (Å²) in [6.07, 6.45) is 5.35. The van der Waals surface area contributed by atoms with E-state index in [4.69, 9.17) is 4.74 Å². The van der Waals surface area contributed by atoms with Crippen LogP contribution >= 0.6 is 0 Å². The van der Waals surface area contributed by atoms with Gasteiger partial charge in [-0.05, 0) is 54.9 Å². The summed E-state index contributed by atoms with van der Waals surface area (Å²) in [6, 6.07) is 7.26. The lowest BCUT2D eigenvalue weighted by Crippen LogP contribution is -2.56. The number of aromatic amines is 1. The molecule has 3 aliphatic heterocycles. The van der Waals surface area contributed by atoms with Crippen molar-refractivity contribution >= 4 is 10.9 Å². The van der Waals surface area contributed by atoms with Gasteiger partial charge in [0.25, 0.3) is 0 Å². The van der Waals surface area contributed by atoms with Crippen molar-refractivity contribution in [2.45, 2.75) is 44.6 Å². The second-order valence-electron chi connectivity index (χ2n) is 7.78. The van der Waals surface area contributed by atoms with Gasteiger partial charge in [0, 0.05) is 41.6 Å². The number of H-pyrrole nitrogens is 1. The lowest BCUT2D eigenvalue weighted by Gasteiger charge is -2.53. The van der Waals surface area contributed by atoms with Crippen molar-refractivity contribution in [1.29, 1.82) is 0 Å². The number of hydrogen-bond acceptors (Lipinski definition) is 2. The number of nitrogens with zero attached hydrogens (tertiary/aromatic N) is 1. The Morgan fingerprint density at radius 2 is 2.22 bits per heavy atom. The van der Waals surface area contributed by atoms with Gasteiger partial charge in [-0.15, -0.1) is 0 Å². The Balaban J connectivity index is 1.66. The van der Waals surface area contributed by atoms with Gasteiger partial charge in [0.1, 0.15) is 5.75 Å². The number of nitrogens with one attached hydrogen (secondary N) is 1. The molecule has 4 heterocycles. The van der Waals surface area contributed by atoms with Crippen molar-refractivity contribution in [3.8, 4) is 5.75 Å². The minimum Gasteiger partial charge on any atom is -0.497 e. The van der Waals surface area contributed by atoms with Crippen LogP contribution in [0, 0.1) is 11.8 Å². The number of methoxy groups -OCH3 is 1. The Kier molecular flexibility index (Phi) is 3.03. The molecule has 1 unspecified atom stereocenters. The van der Waals surface area contributed by atoms with E-state index < -0.39 is 0 Å². The SMILES string of the molecule is CC[C@@H]1C[C@@H]2C[C@@H]3c4[nH]c5ccc(OC)cc5c4CCN(C2)[C@H]13. The maximum Gasteiger partial charge on any atom is 0.119 e. The van der Waals surface area contributed by atoms with Crippen molar-refractivity contribution in [1.82, 2.24) is 9.88 Å². The molecule has 1 aromatic carbocycles. The summed E-state index contributed by atoms with van der Waals surface area (Å²) in [4.78, 5) is 6.63. The molecule has 3 fully saturated rings. The number of hydrogen-bond donors (Lipinski definition) is 1. The van der Waals surface area contributed by atoms with Gasteiger partial charge >= 0.3 is 0 Å². The van der Waals surface area contributed by atoms with Gasteiger partial charge in [-0.1, -0.05) is 13.3 Å². The third-order valence-electron chi connectivity index (χ3n) is 6.72. The topological polar surface area (TPSA) is 28.3 Å². The molecule has 0 amide bonds. The van der Waals surface area contributed by atoms with Crippen molar-refractivity contribution in [2.75, 3.05) is 20.2 Å². The molecule has 3 nitrogen and oxygen atoms in total. The summed E-state index contributed by atoms with van der Waals surface area (Å²) in [5, 5.41) is 1.39. The van der Waals surface area contributed by atoms with Crippen molar-refractivity contribution in [2.24, 2.45) is 11.8 Å². The molecule has 4 bridgehead atoms. The van der Waals surface area contributed by atoms with E-state index in [9.17, 15) is 0 Å². The van der Waals surface area contributed by atoms with Gasteiger partial charge in [-0.2, -0.15) is 0 Å². The Morgan fingerprint density at radius 3 is 3.04 bits per heavy atom. The Bertz CT molecular complexity index is 749. The number of aromatic nitrogens is 1. The average Bonchev–Trinajstić information content (AvgIpc) is 2.92. The predicted molar refractivity (Wildman–Crippen MR) is 93.2 cm³/mol. The van der Waals surface area contributed by atoms with E-state index in [1.807, 2.05) is 0 Å². The summed E-state index contributed by atoms with van der Waals surface area (Å²) in [7, 11) is 1.76. The number of fused-ring (bicyclic) bond motifs is 4. The van der Waals surface area contributed by atoms with Crippen LogP contribution in [0.3, 0.4) is 0 Å². The first-order valence-electron chi connectivity index (χ1n) is 9.21. The van der Waals surface area contributed by atoms with Crippen LogP contribution < -0.4 is 4.74 Å². The minimum atomic E-state index is 0.711. The molecule has 23 heavy (non-hydrogen) atoms. The molecule has 0 radical (unpaired) electrons. The summed E-state index contributed by atoms with van der Waals surface area (Å²) >= 11 is 0. The third kappa shape index (κ3) is 1.92. The molecule has 122 valence electrons. The van der Waals surface area contributed by atoms with Gasteiger partial charge in [0.2, 0.25) is 0 Å². The maximum absolute atomic E-state index is 5.46. The van der Waals surface area contributed by atoms with E-state index in [2.05, 4.69) is 35.0 Å². The van der Waals surface area contributed by atoms with E-state index in [0.717, 1.165) is 23.6 Å². The molecular formula is C20H26N2O. The molecule has 1 N–H and O–H groups in total. The van der Waals surface area contributed by atoms with E-state index >= 15 is 0 Å². The zero-order valence-corrected chi connectivity index (χ0v) is 14.1. The standard InChI is InChI=1S/C20H26N2O/c1-3-13-8-12-9-17-19-15(6-7-22(11-12)20(13)17)16-10-14(23-2)4-5-18(16)21-19/h4-5,10,12-13,17,20-21H,3,6-9,11H2,1-2H3/t12-,13-,17-,20-/m1/s1. The van der Waals surface area contributed by atoms with Crippen LogP contribution in [0.2, 0.25) is 0 Å². The van der Waals surface area contributed by atoms with Crippen LogP contribution in [0.25, 0.3) is 10.9 Å². The van der Waals surface area contributed by atoms with E-state index in [1.54, 1.807) is 18.4 Å². The third-order valence-corrected chi connectivity index (χ3v) is 6.72. The number of benzene rings is 1. The molecule has 5 atom stereocenters. The van der Waals surface area contributed by atoms with E-state index in [-0.39, 0.29) is 0 Å². The molecule has 2 saturated heterocycles. The second-order valence-corrected chi connectivity index (χ2v) is 7.78. The fourth-order valence-electron chi connectivity index (χ4n) is 5.80. The van der Waals surface area contributed by atoms with Crippen molar-refractivity contribution < 1.29 is 4.74 Å². The first kappa shape index (κ1) is 13.9. The van der Waals surface area contributed by atoms with Crippen molar-refractivity contribution in [3.05, 3.63) is 29.5 Å². The first-order chi connectivity index (χ1) is 11.3. The van der Waals surface area contributed by atoms with Crippen molar-refractivity contribution in [3.63, 3.8) is 0 Å². The zero-order chi connectivity index (χ0) is 15.6. The van der Waals surface area contributed by atoms with Crippen LogP contribution in [0.1, 0.15) is 43.4 Å². The molecule has 1 aliphatic carbocycles. The normalized spacial score (nSPS) is 35.1. The van der Waals surface area contributed by atoms with E-state index in [0.29, 0.717) is 5.92 Å². The van der Waals surface area contributed by atoms with Gasteiger partial charge < -0.3 is 9.72 Å². The highest BCUT2D eigenvalue weighted by Gasteiger charge is 2.48. The number of rotatable bonds is 2. The monoisotopic (exact) mass is 310 g/mol. The smallest absolute Gasteiger partial charge is 0.119 e. The minimum absolute atomic E-state index is 0.711. The fraction of sp³-hybridized carbons (Fsp3) is 0.600. The Morgan fingerprint density at radius 1 is 1.30 bits per heavy atom. The summed E-state index contributed by atoms with van der Waals surface area (Å²) in [5.74, 6) is 3.48. The maximum atomic E-state index is 5.46. The average molecular weight is 310 g/mol. The molecule has 1 aromatic heterocycles. The lowest BCUT2D eigenvalue weighted by atomic mass is 9.65. The lowest BCUT2D eigenvalue weighted by molar-refractivity contribution is -0.0134. The fourth-order valence-corrected chi connectivity index (χ4v) is 5.80. The summed E-state index contributed by atoms with van der Waals surface area (Å²) < 4.78 is 5.46. The molecule has 1 saturated carbocycles. The molecular weight excluding hydrogens is 284 g/mol. The van der Waals surface area contributed by atoms with Crippen LogP contribution in [0.4, 0.5) is 0 Å². The molecule has 0 spiro atoms. The molecule has 6 rings (SSSR count). The second kappa shape index (κ2) is 5.01. The Hall–Kier alpha value is -1.48. The Labute approximate surface area is 138 Å².